The maximum Gasteiger partial charge on any atom is 0.270 e. The Bertz CT molecular complexity index is 1170. The summed E-state index contributed by atoms with van der Waals surface area (Å²) in [5.74, 6) is -0.194. The lowest BCUT2D eigenvalue weighted by molar-refractivity contribution is -0.384. The third kappa shape index (κ3) is 5.81. The molecule has 2 aromatic carbocycles. The van der Waals surface area contributed by atoms with Crippen LogP contribution in [0.5, 0.6) is 0 Å². The fourth-order valence-corrected chi connectivity index (χ4v) is 4.84. The first-order chi connectivity index (χ1) is 16.0. The van der Waals surface area contributed by atoms with Gasteiger partial charge in [0.1, 0.15) is 0 Å². The molecule has 2 heterocycles. The van der Waals surface area contributed by atoms with Crippen molar-refractivity contribution in [1.29, 1.82) is 0 Å². The van der Waals surface area contributed by atoms with Gasteiger partial charge in [0.25, 0.3) is 11.6 Å². The van der Waals surface area contributed by atoms with Gasteiger partial charge in [-0.3, -0.25) is 24.7 Å². The molecule has 0 unspecified atom stereocenters. The number of nitro groups is 1. The van der Waals surface area contributed by atoms with Crippen LogP contribution in [0.2, 0.25) is 0 Å². The van der Waals surface area contributed by atoms with Crippen LogP contribution in [0.3, 0.4) is 0 Å². The third-order valence-corrected chi connectivity index (χ3v) is 6.61. The van der Waals surface area contributed by atoms with Crippen molar-refractivity contribution in [2.24, 2.45) is 0 Å². The van der Waals surface area contributed by atoms with E-state index >= 15 is 0 Å². The van der Waals surface area contributed by atoms with Crippen molar-refractivity contribution in [1.82, 2.24) is 9.88 Å². The lowest BCUT2D eigenvalue weighted by Gasteiger charge is -2.27. The number of amides is 1. The van der Waals surface area contributed by atoms with Crippen LogP contribution in [0.4, 0.5) is 10.8 Å². The molecular weight excluding hydrogens is 440 g/mol. The molecule has 0 aliphatic carbocycles. The molecule has 0 radical (unpaired) electrons. The summed E-state index contributed by atoms with van der Waals surface area (Å²) in [4.78, 5) is 32.6. The number of fused-ring (bicyclic) bond motifs is 1. The number of para-hydroxylation sites is 1. The number of carbonyl (C=O) groups excluding carboxylic acids is 1. The number of nitro benzene ring substituents is 1. The highest BCUT2D eigenvalue weighted by molar-refractivity contribution is 7.22. The zero-order chi connectivity index (χ0) is 23.2. The summed E-state index contributed by atoms with van der Waals surface area (Å²) >= 11 is 1.50. The van der Waals surface area contributed by atoms with Crippen LogP contribution in [0.15, 0.2) is 48.5 Å². The van der Waals surface area contributed by atoms with E-state index in [1.807, 2.05) is 25.1 Å². The van der Waals surface area contributed by atoms with Gasteiger partial charge in [-0.1, -0.05) is 35.6 Å². The van der Waals surface area contributed by atoms with Gasteiger partial charge in [0, 0.05) is 44.4 Å². The van der Waals surface area contributed by atoms with Crippen LogP contribution >= 0.6 is 11.3 Å². The number of non-ortho nitro benzene ring substituents is 1. The third-order valence-electron chi connectivity index (χ3n) is 5.57. The fourth-order valence-electron chi connectivity index (χ4n) is 3.77. The van der Waals surface area contributed by atoms with Crippen molar-refractivity contribution < 1.29 is 14.5 Å². The molecule has 0 spiro atoms. The number of anilines is 1. The second-order valence-electron chi connectivity index (χ2n) is 7.90. The van der Waals surface area contributed by atoms with E-state index in [4.69, 9.17) is 9.72 Å². The van der Waals surface area contributed by atoms with Crippen molar-refractivity contribution in [3.8, 4) is 0 Å². The van der Waals surface area contributed by atoms with Crippen LogP contribution in [0, 0.1) is 17.0 Å². The molecule has 33 heavy (non-hydrogen) atoms. The minimum absolute atomic E-state index is 0.00591. The number of aryl methyl sites for hydroxylation is 1. The second-order valence-corrected chi connectivity index (χ2v) is 8.91. The molecule has 1 amide bonds. The molecule has 1 aliphatic rings. The largest absolute Gasteiger partial charge is 0.379 e. The van der Waals surface area contributed by atoms with E-state index in [0.29, 0.717) is 17.2 Å². The van der Waals surface area contributed by atoms with Crippen LogP contribution in [0.25, 0.3) is 16.3 Å². The average molecular weight is 467 g/mol. The van der Waals surface area contributed by atoms with Crippen molar-refractivity contribution >= 4 is 44.4 Å². The van der Waals surface area contributed by atoms with Crippen molar-refractivity contribution in [3.05, 3.63) is 69.8 Å². The highest BCUT2D eigenvalue weighted by atomic mass is 32.1. The number of nitrogens with zero attached hydrogens (tertiary/aromatic N) is 4. The second kappa shape index (κ2) is 10.7. The van der Waals surface area contributed by atoms with Gasteiger partial charge < -0.3 is 4.74 Å². The Kier molecular flexibility index (Phi) is 7.43. The molecule has 1 aliphatic heterocycles. The quantitative estimate of drug-likeness (QED) is 0.280. The maximum atomic E-state index is 13.2. The van der Waals surface area contributed by atoms with Gasteiger partial charge in [0.15, 0.2) is 5.13 Å². The van der Waals surface area contributed by atoms with E-state index in [0.717, 1.165) is 55.0 Å². The van der Waals surface area contributed by atoms with Gasteiger partial charge in [-0.2, -0.15) is 0 Å². The van der Waals surface area contributed by atoms with Gasteiger partial charge in [0.05, 0.1) is 28.4 Å². The maximum absolute atomic E-state index is 13.2. The molecule has 1 fully saturated rings. The van der Waals surface area contributed by atoms with E-state index in [-0.39, 0.29) is 11.6 Å². The molecule has 1 saturated heterocycles. The SMILES string of the molecule is Cc1cccc2sc(N(CCCN3CCOCC3)C(=O)/C=C/c3cccc([N+](=O)[O-])c3)nc12. The zero-order valence-electron chi connectivity index (χ0n) is 18.5. The predicted molar refractivity (Wildman–Crippen MR) is 131 cm³/mol. The summed E-state index contributed by atoms with van der Waals surface area (Å²) in [6.45, 7) is 6.72. The van der Waals surface area contributed by atoms with Crippen LogP contribution < -0.4 is 4.90 Å². The number of benzene rings is 2. The number of hydrogen-bond acceptors (Lipinski definition) is 7. The summed E-state index contributed by atoms with van der Waals surface area (Å²) in [5, 5.41) is 11.7. The first kappa shape index (κ1) is 23.0. The number of rotatable bonds is 8. The molecule has 0 bridgehead atoms. The number of carbonyl (C=O) groups is 1. The standard InChI is InChI=1S/C24H26N4O4S/c1-18-5-2-8-21-23(18)25-24(33-21)27(12-4-11-26-13-15-32-16-14-26)22(29)10-9-19-6-3-7-20(17-19)28(30)31/h2-3,5-10,17H,4,11-16H2,1H3/b10-9+. The number of ether oxygens (including phenoxy) is 1. The summed E-state index contributed by atoms with van der Waals surface area (Å²) in [5.41, 5.74) is 2.58. The van der Waals surface area contributed by atoms with Crippen molar-refractivity contribution in [2.75, 3.05) is 44.3 Å². The molecule has 0 atom stereocenters. The number of morpholine rings is 1. The van der Waals surface area contributed by atoms with E-state index in [9.17, 15) is 14.9 Å². The van der Waals surface area contributed by atoms with E-state index in [2.05, 4.69) is 4.90 Å². The van der Waals surface area contributed by atoms with E-state index < -0.39 is 4.92 Å². The van der Waals surface area contributed by atoms with Crippen molar-refractivity contribution in [2.45, 2.75) is 13.3 Å². The number of hydrogen-bond donors (Lipinski definition) is 0. The molecule has 0 N–H and O–H groups in total. The fraction of sp³-hybridized carbons (Fsp3) is 0.333. The molecule has 1 aromatic heterocycles. The van der Waals surface area contributed by atoms with Gasteiger partial charge in [-0.15, -0.1) is 0 Å². The molecule has 4 rings (SSSR count). The molecule has 3 aromatic rings. The molecule has 9 heteroatoms. The van der Waals surface area contributed by atoms with Gasteiger partial charge in [-0.05, 0) is 36.6 Å². The Morgan fingerprint density at radius 2 is 2.06 bits per heavy atom. The van der Waals surface area contributed by atoms with E-state index in [1.54, 1.807) is 23.1 Å². The Hall–Kier alpha value is -3.14. The highest BCUT2D eigenvalue weighted by Gasteiger charge is 2.19. The summed E-state index contributed by atoms with van der Waals surface area (Å²) < 4.78 is 6.45. The van der Waals surface area contributed by atoms with Crippen molar-refractivity contribution in [3.63, 3.8) is 0 Å². The summed E-state index contributed by atoms with van der Waals surface area (Å²) in [6, 6.07) is 12.2. The van der Waals surface area contributed by atoms with Gasteiger partial charge >= 0.3 is 0 Å². The summed E-state index contributed by atoms with van der Waals surface area (Å²) in [6.07, 6.45) is 3.89. The molecule has 0 saturated carbocycles. The first-order valence-electron chi connectivity index (χ1n) is 10.9. The van der Waals surface area contributed by atoms with Crippen LogP contribution in [-0.2, 0) is 9.53 Å². The number of thiazole rings is 1. The predicted octanol–water partition coefficient (Wildman–Crippen LogP) is 4.28. The Balaban J connectivity index is 1.54. The average Bonchev–Trinajstić information content (AvgIpc) is 3.26. The van der Waals surface area contributed by atoms with Crippen LogP contribution in [-0.4, -0.2) is 60.1 Å². The van der Waals surface area contributed by atoms with Gasteiger partial charge in [0.2, 0.25) is 0 Å². The zero-order valence-corrected chi connectivity index (χ0v) is 19.3. The molecule has 8 nitrogen and oxygen atoms in total. The van der Waals surface area contributed by atoms with E-state index in [1.165, 1.54) is 29.5 Å². The van der Waals surface area contributed by atoms with Crippen LogP contribution in [0.1, 0.15) is 17.5 Å². The van der Waals surface area contributed by atoms with Gasteiger partial charge in [-0.25, -0.2) is 4.98 Å². The topological polar surface area (TPSA) is 88.8 Å². The molecular formula is C24H26N4O4S. The Morgan fingerprint density at radius 1 is 1.27 bits per heavy atom. The summed E-state index contributed by atoms with van der Waals surface area (Å²) in [7, 11) is 0. The monoisotopic (exact) mass is 466 g/mol. The highest BCUT2D eigenvalue weighted by Crippen LogP contribution is 2.31. The first-order valence-corrected chi connectivity index (χ1v) is 11.7. The minimum Gasteiger partial charge on any atom is -0.379 e. The lowest BCUT2D eigenvalue weighted by atomic mass is 10.2. The lowest BCUT2D eigenvalue weighted by Crippen LogP contribution is -2.39. The number of aromatic nitrogens is 1. The Labute approximate surface area is 196 Å². The smallest absolute Gasteiger partial charge is 0.270 e. The minimum atomic E-state index is -0.444. The Morgan fingerprint density at radius 3 is 2.82 bits per heavy atom. The normalized spacial score (nSPS) is 14.7. The molecule has 172 valence electrons.